The summed E-state index contributed by atoms with van der Waals surface area (Å²) in [5.74, 6) is 0.134. The van der Waals surface area contributed by atoms with Crippen molar-refractivity contribution in [2.24, 2.45) is 0 Å². The van der Waals surface area contributed by atoms with Gasteiger partial charge in [0, 0.05) is 13.6 Å². The number of carbonyl (C=O) groups excluding carboxylic acids is 1. The minimum atomic E-state index is -0.415. The van der Waals surface area contributed by atoms with Crippen molar-refractivity contribution in [1.82, 2.24) is 10.2 Å². The zero-order valence-electron chi connectivity index (χ0n) is 11.4. The zero-order chi connectivity index (χ0) is 13.9. The third-order valence-electron chi connectivity index (χ3n) is 3.69. The maximum Gasteiger partial charge on any atom is 0.242 e. The second kappa shape index (κ2) is 5.41. The second-order valence-corrected chi connectivity index (χ2v) is 5.33. The molecule has 4 heteroatoms. The molecular weight excluding hydrogens is 238 g/mol. The molecule has 1 aromatic rings. The van der Waals surface area contributed by atoms with Crippen LogP contribution in [0.1, 0.15) is 30.9 Å². The van der Waals surface area contributed by atoms with Crippen molar-refractivity contribution in [1.29, 1.82) is 5.26 Å². The summed E-state index contributed by atoms with van der Waals surface area (Å²) in [5, 5.41) is 12.0. The van der Waals surface area contributed by atoms with E-state index >= 15 is 0 Å². The summed E-state index contributed by atoms with van der Waals surface area (Å²) in [6, 6.07) is 9.44. The summed E-state index contributed by atoms with van der Waals surface area (Å²) in [6.07, 6.45) is 1.94. The predicted molar refractivity (Wildman–Crippen MR) is 73.3 cm³/mol. The van der Waals surface area contributed by atoms with Crippen molar-refractivity contribution in [3.8, 4) is 6.07 Å². The van der Waals surface area contributed by atoms with Crippen molar-refractivity contribution >= 4 is 5.91 Å². The molecule has 1 N–H and O–H groups in total. The molecule has 0 saturated carbocycles. The van der Waals surface area contributed by atoms with Gasteiger partial charge in [-0.2, -0.15) is 5.26 Å². The minimum absolute atomic E-state index is 0.134. The highest BCUT2D eigenvalue weighted by Crippen LogP contribution is 2.21. The van der Waals surface area contributed by atoms with Gasteiger partial charge in [-0.15, -0.1) is 0 Å². The number of rotatable bonds is 3. The van der Waals surface area contributed by atoms with E-state index in [0.717, 1.165) is 24.9 Å². The molecule has 0 bridgehead atoms. The van der Waals surface area contributed by atoms with Gasteiger partial charge in [0.1, 0.15) is 0 Å². The van der Waals surface area contributed by atoms with Gasteiger partial charge in [0.05, 0.1) is 17.2 Å². The molecule has 1 unspecified atom stereocenters. The summed E-state index contributed by atoms with van der Waals surface area (Å²) in [4.78, 5) is 14.2. The Hall–Kier alpha value is -1.86. The number of nitriles is 1. The van der Waals surface area contributed by atoms with Crippen molar-refractivity contribution in [3.05, 3.63) is 35.4 Å². The fourth-order valence-electron chi connectivity index (χ4n) is 2.53. The first-order valence-corrected chi connectivity index (χ1v) is 6.55. The highest BCUT2D eigenvalue weighted by molar-refractivity contribution is 5.86. The molecule has 19 heavy (non-hydrogen) atoms. The number of amides is 1. The quantitative estimate of drug-likeness (QED) is 0.896. The molecule has 1 heterocycles. The van der Waals surface area contributed by atoms with E-state index in [9.17, 15) is 4.79 Å². The molecule has 0 aromatic heterocycles. The lowest BCUT2D eigenvalue weighted by molar-refractivity contribution is -0.136. The number of nitrogens with one attached hydrogen (secondary N) is 1. The van der Waals surface area contributed by atoms with Gasteiger partial charge in [-0.25, -0.2) is 0 Å². The van der Waals surface area contributed by atoms with Crippen LogP contribution in [0.2, 0.25) is 0 Å². The molecule has 100 valence electrons. The van der Waals surface area contributed by atoms with Crippen LogP contribution in [-0.4, -0.2) is 29.9 Å². The van der Waals surface area contributed by atoms with Crippen LogP contribution in [0.4, 0.5) is 0 Å². The fourth-order valence-corrected chi connectivity index (χ4v) is 2.53. The van der Waals surface area contributed by atoms with Crippen LogP contribution in [0.5, 0.6) is 0 Å². The van der Waals surface area contributed by atoms with E-state index < -0.39 is 5.54 Å². The predicted octanol–water partition coefficient (Wildman–Crippen LogP) is 1.66. The first-order chi connectivity index (χ1) is 9.05. The average Bonchev–Trinajstić information content (AvgIpc) is 2.87. The molecule has 1 aliphatic heterocycles. The number of likely N-dealkylation sites (N-methyl/N-ethyl adjacent to an activating group) is 1. The van der Waals surface area contributed by atoms with E-state index in [-0.39, 0.29) is 5.91 Å². The second-order valence-electron chi connectivity index (χ2n) is 5.33. The molecule has 2 rings (SSSR count). The number of carbonyl (C=O) groups is 1. The SMILES string of the molecule is CN(Cc1ccc(C#N)cc1)C(=O)C1(C)CCCN1. The van der Waals surface area contributed by atoms with Gasteiger partial charge in [-0.05, 0) is 44.0 Å². The van der Waals surface area contributed by atoms with E-state index in [1.807, 2.05) is 26.1 Å². The van der Waals surface area contributed by atoms with Crippen molar-refractivity contribution in [2.75, 3.05) is 13.6 Å². The van der Waals surface area contributed by atoms with Gasteiger partial charge in [-0.3, -0.25) is 4.79 Å². The topological polar surface area (TPSA) is 56.1 Å². The molecule has 0 radical (unpaired) electrons. The number of hydrogen-bond donors (Lipinski definition) is 1. The van der Waals surface area contributed by atoms with E-state index in [4.69, 9.17) is 5.26 Å². The smallest absolute Gasteiger partial charge is 0.242 e. The summed E-state index contributed by atoms with van der Waals surface area (Å²) in [5.41, 5.74) is 1.26. The Morgan fingerprint density at radius 1 is 1.47 bits per heavy atom. The summed E-state index contributed by atoms with van der Waals surface area (Å²) < 4.78 is 0. The molecule has 1 aliphatic rings. The third-order valence-corrected chi connectivity index (χ3v) is 3.69. The highest BCUT2D eigenvalue weighted by atomic mass is 16.2. The Balaban J connectivity index is 2.02. The summed E-state index contributed by atoms with van der Waals surface area (Å²) in [6.45, 7) is 3.45. The van der Waals surface area contributed by atoms with E-state index in [0.29, 0.717) is 12.1 Å². The Morgan fingerprint density at radius 3 is 2.68 bits per heavy atom. The van der Waals surface area contributed by atoms with Crippen LogP contribution in [-0.2, 0) is 11.3 Å². The van der Waals surface area contributed by atoms with Crippen LogP contribution in [0.3, 0.4) is 0 Å². The first-order valence-electron chi connectivity index (χ1n) is 6.55. The largest absolute Gasteiger partial charge is 0.340 e. The maximum absolute atomic E-state index is 12.4. The van der Waals surface area contributed by atoms with Crippen LogP contribution in [0, 0.1) is 11.3 Å². The standard InChI is InChI=1S/C15H19N3O/c1-15(8-3-9-17-15)14(19)18(2)11-13-6-4-12(10-16)5-7-13/h4-7,17H,3,8-9,11H2,1-2H3. The van der Waals surface area contributed by atoms with Crippen molar-refractivity contribution in [3.63, 3.8) is 0 Å². The molecule has 4 nitrogen and oxygen atoms in total. The minimum Gasteiger partial charge on any atom is -0.340 e. The number of nitrogens with zero attached hydrogens (tertiary/aromatic N) is 2. The van der Waals surface area contributed by atoms with E-state index in [1.54, 1.807) is 17.0 Å². The number of benzene rings is 1. The van der Waals surface area contributed by atoms with Crippen LogP contribution in [0.15, 0.2) is 24.3 Å². The molecule has 1 aromatic carbocycles. The third kappa shape index (κ3) is 2.94. The molecule has 1 saturated heterocycles. The molecular formula is C15H19N3O. The Kier molecular flexibility index (Phi) is 3.87. The van der Waals surface area contributed by atoms with Gasteiger partial charge in [-0.1, -0.05) is 12.1 Å². The highest BCUT2D eigenvalue weighted by Gasteiger charge is 2.37. The first kappa shape index (κ1) is 13.6. The van der Waals surface area contributed by atoms with Gasteiger partial charge in [0.2, 0.25) is 5.91 Å². The van der Waals surface area contributed by atoms with Crippen molar-refractivity contribution in [2.45, 2.75) is 31.8 Å². The van der Waals surface area contributed by atoms with E-state index in [1.165, 1.54) is 0 Å². The maximum atomic E-state index is 12.4. The lowest BCUT2D eigenvalue weighted by Crippen LogP contribution is -2.51. The zero-order valence-corrected chi connectivity index (χ0v) is 11.4. The monoisotopic (exact) mass is 257 g/mol. The number of hydrogen-bond acceptors (Lipinski definition) is 3. The lowest BCUT2D eigenvalue weighted by atomic mass is 9.98. The summed E-state index contributed by atoms with van der Waals surface area (Å²) >= 11 is 0. The van der Waals surface area contributed by atoms with Gasteiger partial charge >= 0.3 is 0 Å². The van der Waals surface area contributed by atoms with Crippen LogP contribution >= 0.6 is 0 Å². The van der Waals surface area contributed by atoms with Gasteiger partial charge in [0.25, 0.3) is 0 Å². The molecule has 0 aliphatic carbocycles. The molecule has 1 fully saturated rings. The average molecular weight is 257 g/mol. The Labute approximate surface area is 114 Å². The van der Waals surface area contributed by atoms with Gasteiger partial charge in [0.15, 0.2) is 0 Å². The van der Waals surface area contributed by atoms with Gasteiger partial charge < -0.3 is 10.2 Å². The molecule has 1 atom stereocenters. The summed E-state index contributed by atoms with van der Waals surface area (Å²) in [7, 11) is 1.83. The van der Waals surface area contributed by atoms with Crippen molar-refractivity contribution < 1.29 is 4.79 Å². The molecule has 0 spiro atoms. The fraction of sp³-hybridized carbons (Fsp3) is 0.467. The lowest BCUT2D eigenvalue weighted by Gasteiger charge is -2.29. The Bertz CT molecular complexity index is 495. The molecule has 1 amide bonds. The van der Waals surface area contributed by atoms with Crippen LogP contribution < -0.4 is 5.32 Å². The van der Waals surface area contributed by atoms with Crippen LogP contribution in [0.25, 0.3) is 0 Å². The Morgan fingerprint density at radius 2 is 2.16 bits per heavy atom. The normalized spacial score (nSPS) is 21.9. The van der Waals surface area contributed by atoms with E-state index in [2.05, 4.69) is 11.4 Å².